The number of rotatable bonds is 7. The lowest BCUT2D eigenvalue weighted by Gasteiger charge is -2.05. The normalized spacial score (nSPS) is 10.7. The largest absolute Gasteiger partial charge is 0.352 e. The van der Waals surface area contributed by atoms with Crippen molar-refractivity contribution in [3.8, 4) is 0 Å². The molecule has 140 valence electrons. The van der Waals surface area contributed by atoms with Gasteiger partial charge in [0.1, 0.15) is 5.82 Å². The summed E-state index contributed by atoms with van der Waals surface area (Å²) in [5.74, 6) is -0.454. The van der Waals surface area contributed by atoms with Crippen LogP contribution in [0.3, 0.4) is 0 Å². The number of thiazole rings is 1. The number of amides is 2. The Hall–Kier alpha value is -2.80. The van der Waals surface area contributed by atoms with Gasteiger partial charge < -0.3 is 10.6 Å². The van der Waals surface area contributed by atoms with Crippen molar-refractivity contribution >= 4 is 38.5 Å². The number of anilines is 1. The molecule has 3 aromatic rings. The van der Waals surface area contributed by atoms with Crippen LogP contribution in [-0.2, 0) is 22.6 Å². The molecule has 0 radical (unpaired) electrons. The van der Waals surface area contributed by atoms with E-state index in [2.05, 4.69) is 15.6 Å². The summed E-state index contributed by atoms with van der Waals surface area (Å²) in [6, 6.07) is 11.7. The van der Waals surface area contributed by atoms with E-state index in [-0.39, 0.29) is 24.1 Å². The molecule has 3 rings (SSSR count). The summed E-state index contributed by atoms with van der Waals surface area (Å²) in [7, 11) is 0. The number of carbonyl (C=O) groups is 2. The molecule has 1 aromatic heterocycles. The Labute approximate surface area is 160 Å². The SMILES string of the molecule is CCCC(=O)Nc1nc2ccc(CC(=O)NCc3ccc(F)cc3)cc2s1. The second-order valence-electron chi connectivity index (χ2n) is 6.20. The number of nitrogens with one attached hydrogen (secondary N) is 2. The van der Waals surface area contributed by atoms with Crippen molar-refractivity contribution in [3.63, 3.8) is 0 Å². The lowest BCUT2D eigenvalue weighted by atomic mass is 10.1. The van der Waals surface area contributed by atoms with Crippen molar-refractivity contribution in [2.75, 3.05) is 5.32 Å². The number of halogens is 1. The van der Waals surface area contributed by atoms with Gasteiger partial charge >= 0.3 is 0 Å². The first-order valence-corrected chi connectivity index (χ1v) is 9.55. The molecule has 0 fully saturated rings. The van der Waals surface area contributed by atoms with Crippen LogP contribution in [0.15, 0.2) is 42.5 Å². The van der Waals surface area contributed by atoms with E-state index >= 15 is 0 Å². The molecule has 0 bridgehead atoms. The van der Waals surface area contributed by atoms with Crippen LogP contribution in [0, 0.1) is 5.82 Å². The molecule has 0 aliphatic heterocycles. The molecule has 2 N–H and O–H groups in total. The highest BCUT2D eigenvalue weighted by Crippen LogP contribution is 2.27. The number of hydrogen-bond acceptors (Lipinski definition) is 4. The molecule has 0 aliphatic carbocycles. The maximum atomic E-state index is 12.9. The van der Waals surface area contributed by atoms with Crippen LogP contribution >= 0.6 is 11.3 Å². The molecule has 2 amide bonds. The van der Waals surface area contributed by atoms with Gasteiger partial charge in [-0.2, -0.15) is 0 Å². The summed E-state index contributed by atoms with van der Waals surface area (Å²) in [5, 5.41) is 6.20. The first-order chi connectivity index (χ1) is 13.0. The van der Waals surface area contributed by atoms with E-state index in [9.17, 15) is 14.0 Å². The Morgan fingerprint density at radius 1 is 1.07 bits per heavy atom. The van der Waals surface area contributed by atoms with Gasteiger partial charge in [0.25, 0.3) is 0 Å². The molecule has 0 spiro atoms. The Bertz CT molecular complexity index is 954. The van der Waals surface area contributed by atoms with Gasteiger partial charge in [-0.15, -0.1) is 0 Å². The molecular formula is C20H20FN3O2S. The third-order valence-corrected chi connectivity index (χ3v) is 4.88. The predicted octanol–water partition coefficient (Wildman–Crippen LogP) is 4.03. The van der Waals surface area contributed by atoms with Crippen molar-refractivity contribution in [1.82, 2.24) is 10.3 Å². The van der Waals surface area contributed by atoms with Crippen molar-refractivity contribution < 1.29 is 14.0 Å². The van der Waals surface area contributed by atoms with Gasteiger partial charge in [0.15, 0.2) is 5.13 Å². The lowest BCUT2D eigenvalue weighted by molar-refractivity contribution is -0.120. The van der Waals surface area contributed by atoms with Gasteiger partial charge in [0, 0.05) is 13.0 Å². The quantitative estimate of drug-likeness (QED) is 0.645. The molecule has 0 saturated carbocycles. The minimum Gasteiger partial charge on any atom is -0.352 e. The van der Waals surface area contributed by atoms with Gasteiger partial charge in [0.2, 0.25) is 11.8 Å². The number of hydrogen-bond donors (Lipinski definition) is 2. The van der Waals surface area contributed by atoms with Crippen molar-refractivity contribution in [3.05, 3.63) is 59.4 Å². The Kier molecular flexibility index (Phi) is 6.13. The molecule has 27 heavy (non-hydrogen) atoms. The minimum absolute atomic E-state index is 0.0445. The maximum Gasteiger partial charge on any atom is 0.226 e. The van der Waals surface area contributed by atoms with Crippen LogP contribution in [0.4, 0.5) is 9.52 Å². The summed E-state index contributed by atoms with van der Waals surface area (Å²) < 4.78 is 13.8. The first-order valence-electron chi connectivity index (χ1n) is 8.74. The Balaban J connectivity index is 1.60. The van der Waals surface area contributed by atoms with Gasteiger partial charge in [-0.3, -0.25) is 9.59 Å². The molecule has 2 aromatic carbocycles. The molecule has 0 saturated heterocycles. The number of aromatic nitrogens is 1. The summed E-state index contributed by atoms with van der Waals surface area (Å²) in [6.07, 6.45) is 1.50. The van der Waals surface area contributed by atoms with E-state index in [4.69, 9.17) is 0 Å². The number of nitrogens with zero attached hydrogens (tertiary/aromatic N) is 1. The van der Waals surface area contributed by atoms with Crippen molar-refractivity contribution in [2.45, 2.75) is 32.7 Å². The average molecular weight is 385 g/mol. The third-order valence-electron chi connectivity index (χ3n) is 3.94. The second kappa shape index (κ2) is 8.73. The summed E-state index contributed by atoms with van der Waals surface area (Å²) in [6.45, 7) is 2.31. The summed E-state index contributed by atoms with van der Waals surface area (Å²) in [5.41, 5.74) is 2.51. The van der Waals surface area contributed by atoms with E-state index in [0.29, 0.717) is 18.1 Å². The lowest BCUT2D eigenvalue weighted by Crippen LogP contribution is -2.24. The molecular weight excluding hydrogens is 365 g/mol. The van der Waals surface area contributed by atoms with Gasteiger partial charge in [-0.25, -0.2) is 9.37 Å². The first kappa shape index (κ1) is 19.0. The van der Waals surface area contributed by atoms with Crippen LogP contribution in [-0.4, -0.2) is 16.8 Å². The van der Waals surface area contributed by atoms with E-state index in [1.165, 1.54) is 23.5 Å². The van der Waals surface area contributed by atoms with Crippen LogP contribution < -0.4 is 10.6 Å². The average Bonchev–Trinajstić information content (AvgIpc) is 3.02. The molecule has 7 heteroatoms. The Morgan fingerprint density at radius 2 is 1.81 bits per heavy atom. The van der Waals surface area contributed by atoms with Crippen LogP contribution in [0.25, 0.3) is 10.2 Å². The topological polar surface area (TPSA) is 71.1 Å². The van der Waals surface area contributed by atoms with Crippen LogP contribution in [0.5, 0.6) is 0 Å². The standard InChI is InChI=1S/C20H20FN3O2S/c1-2-3-18(25)24-20-23-16-9-6-14(10-17(16)27-20)11-19(26)22-12-13-4-7-15(21)8-5-13/h4-10H,2-3,11-12H2,1H3,(H,22,26)(H,23,24,25). The smallest absolute Gasteiger partial charge is 0.226 e. The molecule has 1 heterocycles. The molecule has 5 nitrogen and oxygen atoms in total. The van der Waals surface area contributed by atoms with Gasteiger partial charge in [-0.1, -0.05) is 36.5 Å². The second-order valence-corrected chi connectivity index (χ2v) is 7.23. The fourth-order valence-corrected chi connectivity index (χ4v) is 3.54. The summed E-state index contributed by atoms with van der Waals surface area (Å²) in [4.78, 5) is 28.2. The number of benzene rings is 2. The predicted molar refractivity (Wildman–Crippen MR) is 105 cm³/mol. The Morgan fingerprint density at radius 3 is 2.56 bits per heavy atom. The van der Waals surface area contributed by atoms with E-state index in [1.54, 1.807) is 12.1 Å². The van der Waals surface area contributed by atoms with Crippen LogP contribution in [0.1, 0.15) is 30.9 Å². The minimum atomic E-state index is -0.298. The zero-order valence-corrected chi connectivity index (χ0v) is 15.7. The summed E-state index contributed by atoms with van der Waals surface area (Å²) >= 11 is 1.39. The van der Waals surface area contributed by atoms with Crippen molar-refractivity contribution in [2.24, 2.45) is 0 Å². The van der Waals surface area contributed by atoms with E-state index in [1.807, 2.05) is 25.1 Å². The molecule has 0 aliphatic rings. The van der Waals surface area contributed by atoms with E-state index in [0.717, 1.165) is 27.8 Å². The maximum absolute atomic E-state index is 12.9. The highest BCUT2D eigenvalue weighted by Gasteiger charge is 2.09. The zero-order chi connectivity index (χ0) is 19.2. The monoisotopic (exact) mass is 385 g/mol. The van der Waals surface area contributed by atoms with E-state index < -0.39 is 0 Å². The van der Waals surface area contributed by atoms with Crippen LogP contribution in [0.2, 0.25) is 0 Å². The molecule has 0 unspecified atom stereocenters. The highest BCUT2D eigenvalue weighted by atomic mass is 32.1. The van der Waals surface area contributed by atoms with Gasteiger partial charge in [-0.05, 0) is 41.8 Å². The number of carbonyl (C=O) groups excluding carboxylic acids is 2. The number of fused-ring (bicyclic) bond motifs is 1. The highest BCUT2D eigenvalue weighted by molar-refractivity contribution is 7.22. The fraction of sp³-hybridized carbons (Fsp3) is 0.250. The third kappa shape index (κ3) is 5.34. The zero-order valence-electron chi connectivity index (χ0n) is 14.9. The van der Waals surface area contributed by atoms with Crippen molar-refractivity contribution in [1.29, 1.82) is 0 Å². The molecule has 0 atom stereocenters. The van der Waals surface area contributed by atoms with Gasteiger partial charge in [0.05, 0.1) is 16.6 Å². The fourth-order valence-electron chi connectivity index (χ4n) is 2.59.